The van der Waals surface area contributed by atoms with E-state index in [0.717, 1.165) is 0 Å². The zero-order valence-electron chi connectivity index (χ0n) is 15.6. The smallest absolute Gasteiger partial charge is 0.759 e. The molecular formula is H14CaKMgO24PS6Si. The van der Waals surface area contributed by atoms with Gasteiger partial charge in [0.15, 0.2) is 0 Å². The Labute approximate surface area is 295 Å². The minimum Gasteiger partial charge on any atom is -0.759 e. The van der Waals surface area contributed by atoms with Crippen molar-refractivity contribution in [2.75, 3.05) is 0 Å². The van der Waals surface area contributed by atoms with E-state index < -0.39 is 62.4 Å². The Kier molecular flexibility index (Phi) is 65.6. The van der Waals surface area contributed by atoms with Crippen molar-refractivity contribution >= 4 is 144 Å². The maximum absolute atomic E-state index is 8.74. The van der Waals surface area contributed by atoms with Gasteiger partial charge in [-0.1, -0.05) is 0 Å². The van der Waals surface area contributed by atoms with Gasteiger partial charge in [0.2, 0.25) is 10.4 Å². The normalized spacial score (nSPS) is 9.94. The molecule has 0 rings (SSSR count). The summed E-state index contributed by atoms with van der Waals surface area (Å²) >= 11 is 0. The van der Waals surface area contributed by atoms with Gasteiger partial charge in [0.05, 0.1) is 0 Å². The average Bonchev–Trinajstić information content (AvgIpc) is 1.94. The first-order chi connectivity index (χ1) is 12.0. The monoisotopic (exact) mass is 752 g/mol. The molecule has 0 aliphatic heterocycles. The van der Waals surface area contributed by atoms with Crippen LogP contribution in [-0.2, 0) is 62.4 Å². The van der Waals surface area contributed by atoms with Crippen LogP contribution in [0.5, 0.6) is 0 Å². The van der Waals surface area contributed by atoms with Crippen LogP contribution in [0, 0.1) is 0 Å². The molecule has 0 saturated heterocycles. The molecule has 0 aromatic heterocycles. The van der Waals surface area contributed by atoms with Gasteiger partial charge in [-0.3, -0.25) is 48.7 Å². The van der Waals surface area contributed by atoms with Crippen LogP contribution in [0.4, 0.5) is 0 Å². The molecule has 0 bridgehead atoms. The molecule has 1 unspecified atom stereocenters. The molecule has 0 fully saturated rings. The fourth-order valence-corrected chi connectivity index (χ4v) is 0. The van der Waals surface area contributed by atoms with E-state index in [1.807, 2.05) is 0 Å². The molecule has 0 spiro atoms. The molecule has 208 valence electrons. The molecule has 0 radical (unpaired) electrons. The Balaban J connectivity index is -0.0000000213. The van der Waals surface area contributed by atoms with Gasteiger partial charge in [-0.25, -0.2) is 8.42 Å². The zero-order valence-corrected chi connectivity index (χ0v) is 28.7. The van der Waals surface area contributed by atoms with Gasteiger partial charge in [-0.2, -0.15) is 35.2 Å². The largest absolute Gasteiger partial charge is 2.00 e. The second-order valence-corrected chi connectivity index (χ2v) is 7.76. The SMILES string of the molecule is O=S(=O)(O)O.O=S(=O)(O)O.O=S(=O)(O)O.O=S(=O)([O-])O.O=S(=O)([O-])[O-].O=S(=O)([O-])[O-].P.[Ca+2].[K+].[Mg+2].[SiH4]. The molecule has 0 amide bonds. The molecule has 0 aromatic rings. The zero-order chi connectivity index (χ0) is 27.0. The first-order valence-corrected chi connectivity index (χ1v) is 12.3. The van der Waals surface area contributed by atoms with Crippen LogP contribution in [-0.4, -0.2) is 177 Å². The molecule has 0 heterocycles. The fraction of sp³-hybridized carbons (Fsp3) is 0. The van der Waals surface area contributed by atoms with E-state index in [9.17, 15) is 0 Å². The van der Waals surface area contributed by atoms with Crippen molar-refractivity contribution in [2.45, 2.75) is 0 Å². The predicted octanol–water partition coefficient (Wildman–Crippen LogP) is -10.8. The summed E-state index contributed by atoms with van der Waals surface area (Å²) in [5.41, 5.74) is 0. The standard InChI is InChI=1S/Ca.K.Mg.6H2O4S.H3P.H4Si/c;;;6*1-5(2,3)4;;/h;;;6*(H2,1,2,3,4);1H3;1H4/q+2;+1;+2;;;;;;;;/p-5. The molecule has 7 N–H and O–H groups in total. The topological polar surface area (TPSA) is 462 Å². The first-order valence-electron chi connectivity index (χ1n) is 4.11. The summed E-state index contributed by atoms with van der Waals surface area (Å²) in [4.78, 5) is 0. The quantitative estimate of drug-likeness (QED) is 0.0522. The van der Waals surface area contributed by atoms with Crippen LogP contribution in [0.3, 0.4) is 0 Å². The molecule has 1 atom stereocenters. The van der Waals surface area contributed by atoms with E-state index in [4.69, 9.17) is 105 Å². The van der Waals surface area contributed by atoms with Crippen molar-refractivity contribution < 1.29 is 157 Å². The molecule has 35 heteroatoms. The molecule has 0 saturated carbocycles. The van der Waals surface area contributed by atoms with Gasteiger partial charge in [-0.05, 0) is 11.0 Å². The van der Waals surface area contributed by atoms with Crippen molar-refractivity contribution in [2.24, 2.45) is 0 Å². The first kappa shape index (κ1) is 71.6. The van der Waals surface area contributed by atoms with E-state index >= 15 is 0 Å². The van der Waals surface area contributed by atoms with Gasteiger partial charge >= 0.3 is 143 Å². The fourth-order valence-electron chi connectivity index (χ4n) is 0. The van der Waals surface area contributed by atoms with Crippen molar-refractivity contribution in [1.29, 1.82) is 0 Å². The van der Waals surface area contributed by atoms with E-state index in [0.29, 0.717) is 0 Å². The number of hydrogen-bond acceptors (Lipinski definition) is 17. The summed E-state index contributed by atoms with van der Waals surface area (Å²) in [6.45, 7) is 0. The average molecular weight is 753 g/mol. The number of hydrogen-bond donors (Lipinski definition) is 7. The van der Waals surface area contributed by atoms with Crippen LogP contribution in [0.15, 0.2) is 0 Å². The van der Waals surface area contributed by atoms with Gasteiger partial charge in [0.25, 0.3) is 0 Å². The van der Waals surface area contributed by atoms with Crippen molar-refractivity contribution in [3.8, 4) is 0 Å². The Morgan fingerprint density at radius 1 is 0.429 bits per heavy atom. The third-order valence-corrected chi connectivity index (χ3v) is 0. The summed E-state index contributed by atoms with van der Waals surface area (Å²) in [5.74, 6) is 0. The maximum Gasteiger partial charge on any atom is 2.00 e. The van der Waals surface area contributed by atoms with E-state index in [1.165, 1.54) is 0 Å². The molecule has 24 nitrogen and oxygen atoms in total. The molecule has 0 aliphatic rings. The summed E-state index contributed by atoms with van der Waals surface area (Å²) in [7, 11) is -29.2. The Morgan fingerprint density at radius 3 is 0.429 bits per heavy atom. The van der Waals surface area contributed by atoms with Gasteiger partial charge in [0.1, 0.15) is 0 Å². The second-order valence-electron chi connectivity index (χ2n) is 2.59. The van der Waals surface area contributed by atoms with E-state index in [2.05, 4.69) is 0 Å². The Bertz CT molecular complexity index is 786. The second kappa shape index (κ2) is 32.0. The molecule has 35 heavy (non-hydrogen) atoms. The summed E-state index contributed by atoms with van der Waals surface area (Å²) in [5, 5.41) is 0. The van der Waals surface area contributed by atoms with Crippen molar-refractivity contribution in [3.63, 3.8) is 0 Å². The molecule has 0 aliphatic carbocycles. The van der Waals surface area contributed by atoms with E-state index in [-0.39, 0.29) is 133 Å². The summed E-state index contributed by atoms with van der Waals surface area (Å²) in [6, 6.07) is 0. The maximum atomic E-state index is 8.74. The van der Waals surface area contributed by atoms with Gasteiger partial charge in [-0.15, -0.1) is 0 Å². The Morgan fingerprint density at radius 2 is 0.429 bits per heavy atom. The molecular weight excluding hydrogens is 739 g/mol. The van der Waals surface area contributed by atoms with E-state index in [1.54, 1.807) is 0 Å². The minimum absolute atomic E-state index is 0. The van der Waals surface area contributed by atoms with Crippen LogP contribution in [0.25, 0.3) is 0 Å². The van der Waals surface area contributed by atoms with Crippen molar-refractivity contribution in [3.05, 3.63) is 0 Å². The Hall–Kier alpha value is 3.53. The molecule has 0 aromatic carbocycles. The van der Waals surface area contributed by atoms with Crippen LogP contribution in [0.2, 0.25) is 0 Å². The number of rotatable bonds is 0. The van der Waals surface area contributed by atoms with Gasteiger partial charge < -0.3 is 22.8 Å². The summed E-state index contributed by atoms with van der Waals surface area (Å²) in [6.07, 6.45) is 0. The van der Waals surface area contributed by atoms with Gasteiger partial charge in [0, 0.05) is 20.8 Å². The van der Waals surface area contributed by atoms with Crippen molar-refractivity contribution in [1.82, 2.24) is 0 Å². The third kappa shape index (κ3) is 3800. The minimum atomic E-state index is -5.17. The van der Waals surface area contributed by atoms with Crippen LogP contribution < -0.4 is 51.4 Å². The summed E-state index contributed by atoms with van der Waals surface area (Å²) < 4.78 is 196. The van der Waals surface area contributed by atoms with Crippen LogP contribution >= 0.6 is 9.90 Å². The van der Waals surface area contributed by atoms with Crippen LogP contribution in [0.1, 0.15) is 0 Å². The third-order valence-electron chi connectivity index (χ3n) is 0. The predicted molar refractivity (Wildman–Crippen MR) is 110 cm³/mol.